The Balaban J connectivity index is 4.45. The third kappa shape index (κ3) is 6.47. The van der Waals surface area contributed by atoms with Gasteiger partial charge in [-0.15, -0.1) is 0 Å². The van der Waals surface area contributed by atoms with E-state index in [0.29, 0.717) is 13.0 Å². The summed E-state index contributed by atoms with van der Waals surface area (Å²) in [6, 6.07) is 0.0162. The second-order valence-corrected chi connectivity index (χ2v) is 5.49. The Morgan fingerprint density at radius 1 is 1.33 bits per heavy atom. The summed E-state index contributed by atoms with van der Waals surface area (Å²) >= 11 is 0. The van der Waals surface area contributed by atoms with Gasteiger partial charge in [-0.3, -0.25) is 4.79 Å². The lowest BCUT2D eigenvalue weighted by molar-refractivity contribution is -0.137. The minimum atomic E-state index is -0.841. The van der Waals surface area contributed by atoms with Crippen LogP contribution in [-0.4, -0.2) is 40.1 Å². The Morgan fingerprint density at radius 2 is 1.89 bits per heavy atom. The van der Waals surface area contributed by atoms with Crippen LogP contribution in [0.25, 0.3) is 0 Å². The molecule has 0 fully saturated rings. The van der Waals surface area contributed by atoms with Gasteiger partial charge in [-0.2, -0.15) is 0 Å². The van der Waals surface area contributed by atoms with Gasteiger partial charge >= 0.3 is 12.0 Å². The van der Waals surface area contributed by atoms with Gasteiger partial charge in [0.1, 0.15) is 0 Å². The van der Waals surface area contributed by atoms with Gasteiger partial charge in [0.15, 0.2) is 0 Å². The molecule has 0 aromatic rings. The van der Waals surface area contributed by atoms with Crippen LogP contribution in [0.5, 0.6) is 0 Å². The molecule has 0 aliphatic rings. The molecule has 0 saturated carbocycles. The number of nitrogens with one attached hydrogen (secondary N) is 1. The predicted molar refractivity (Wildman–Crippen MR) is 71.6 cm³/mol. The summed E-state index contributed by atoms with van der Waals surface area (Å²) < 4.78 is 0. The van der Waals surface area contributed by atoms with Crippen molar-refractivity contribution in [2.75, 3.05) is 6.54 Å². The summed E-state index contributed by atoms with van der Waals surface area (Å²) in [6.45, 7) is 10.4. The molecule has 2 N–H and O–H groups in total. The van der Waals surface area contributed by atoms with E-state index in [1.165, 1.54) is 0 Å². The van der Waals surface area contributed by atoms with Crippen LogP contribution in [0.2, 0.25) is 0 Å². The summed E-state index contributed by atoms with van der Waals surface area (Å²) in [4.78, 5) is 24.4. The maximum atomic E-state index is 12.1. The molecular formula is C13H26N2O3. The molecule has 0 rings (SSSR count). The standard InChI is InChI=1S/C13H26N2O3/c1-6-9-15(10(2)3)12(18)14-13(4,5)8-7-11(16)17/h10H,6-9H2,1-5H3,(H,14,18)(H,16,17). The van der Waals surface area contributed by atoms with Gasteiger partial charge in [-0.05, 0) is 40.5 Å². The molecule has 5 nitrogen and oxygen atoms in total. The molecule has 0 bridgehead atoms. The molecule has 0 spiro atoms. The van der Waals surface area contributed by atoms with Crippen molar-refractivity contribution in [1.82, 2.24) is 10.2 Å². The molecule has 18 heavy (non-hydrogen) atoms. The van der Waals surface area contributed by atoms with Crippen molar-refractivity contribution in [1.29, 1.82) is 0 Å². The lowest BCUT2D eigenvalue weighted by Crippen LogP contribution is -2.52. The van der Waals surface area contributed by atoms with Crippen LogP contribution in [-0.2, 0) is 4.79 Å². The average Bonchev–Trinajstić information content (AvgIpc) is 2.22. The Hall–Kier alpha value is -1.26. The Morgan fingerprint density at radius 3 is 2.28 bits per heavy atom. The van der Waals surface area contributed by atoms with E-state index >= 15 is 0 Å². The lowest BCUT2D eigenvalue weighted by atomic mass is 9.98. The second kappa shape index (κ2) is 7.24. The first-order valence-electron chi connectivity index (χ1n) is 6.50. The maximum absolute atomic E-state index is 12.1. The first-order valence-corrected chi connectivity index (χ1v) is 6.50. The minimum absolute atomic E-state index is 0.0583. The summed E-state index contributed by atoms with van der Waals surface area (Å²) in [7, 11) is 0. The second-order valence-electron chi connectivity index (χ2n) is 5.49. The number of carboxylic acid groups (broad SMARTS) is 1. The lowest BCUT2D eigenvalue weighted by Gasteiger charge is -2.32. The zero-order chi connectivity index (χ0) is 14.3. The predicted octanol–water partition coefficient (Wildman–Crippen LogP) is 2.46. The fourth-order valence-electron chi connectivity index (χ4n) is 1.68. The summed E-state index contributed by atoms with van der Waals surface area (Å²) in [5, 5.41) is 11.6. The van der Waals surface area contributed by atoms with Gasteiger partial charge in [0.2, 0.25) is 0 Å². The van der Waals surface area contributed by atoms with Crippen molar-refractivity contribution in [2.45, 2.75) is 65.5 Å². The van der Waals surface area contributed by atoms with Crippen molar-refractivity contribution >= 4 is 12.0 Å². The highest BCUT2D eigenvalue weighted by atomic mass is 16.4. The van der Waals surface area contributed by atoms with Crippen molar-refractivity contribution in [3.8, 4) is 0 Å². The highest BCUT2D eigenvalue weighted by Gasteiger charge is 2.25. The highest BCUT2D eigenvalue weighted by Crippen LogP contribution is 2.13. The van der Waals surface area contributed by atoms with Gasteiger partial charge in [0.05, 0.1) is 0 Å². The SMILES string of the molecule is CCCN(C(=O)NC(C)(C)CCC(=O)O)C(C)C. The largest absolute Gasteiger partial charge is 0.481 e. The molecule has 0 heterocycles. The van der Waals surface area contributed by atoms with E-state index in [-0.39, 0.29) is 18.5 Å². The molecule has 0 aromatic carbocycles. The van der Waals surface area contributed by atoms with Crippen LogP contribution >= 0.6 is 0 Å². The number of carbonyl (C=O) groups is 2. The zero-order valence-corrected chi connectivity index (χ0v) is 12.1. The third-order valence-electron chi connectivity index (χ3n) is 2.76. The number of aliphatic carboxylic acids is 1. The van der Waals surface area contributed by atoms with Crippen molar-refractivity contribution in [3.05, 3.63) is 0 Å². The molecule has 106 valence electrons. The number of amides is 2. The van der Waals surface area contributed by atoms with Crippen molar-refractivity contribution < 1.29 is 14.7 Å². The fourth-order valence-corrected chi connectivity index (χ4v) is 1.68. The van der Waals surface area contributed by atoms with E-state index in [0.717, 1.165) is 6.42 Å². The Bertz CT molecular complexity index is 288. The third-order valence-corrected chi connectivity index (χ3v) is 2.76. The van der Waals surface area contributed by atoms with Crippen molar-refractivity contribution in [3.63, 3.8) is 0 Å². The maximum Gasteiger partial charge on any atom is 0.318 e. The molecule has 2 amide bonds. The number of carbonyl (C=O) groups excluding carboxylic acids is 1. The topological polar surface area (TPSA) is 69.6 Å². The van der Waals surface area contributed by atoms with E-state index < -0.39 is 11.5 Å². The molecular weight excluding hydrogens is 232 g/mol. The number of urea groups is 1. The highest BCUT2D eigenvalue weighted by molar-refractivity contribution is 5.75. The van der Waals surface area contributed by atoms with Gasteiger partial charge in [0, 0.05) is 24.5 Å². The van der Waals surface area contributed by atoms with Gasteiger partial charge in [-0.1, -0.05) is 6.92 Å². The first-order chi connectivity index (χ1) is 8.19. The number of carboxylic acids is 1. The monoisotopic (exact) mass is 258 g/mol. The average molecular weight is 258 g/mol. The smallest absolute Gasteiger partial charge is 0.318 e. The van der Waals surface area contributed by atoms with Gasteiger partial charge < -0.3 is 15.3 Å². The summed E-state index contributed by atoms with van der Waals surface area (Å²) in [5.74, 6) is -0.841. The zero-order valence-electron chi connectivity index (χ0n) is 12.1. The fraction of sp³-hybridized carbons (Fsp3) is 0.846. The van der Waals surface area contributed by atoms with Crippen LogP contribution in [0.3, 0.4) is 0 Å². The normalized spacial score (nSPS) is 11.4. The van der Waals surface area contributed by atoms with Crippen LogP contribution in [0, 0.1) is 0 Å². The van der Waals surface area contributed by atoms with E-state index in [9.17, 15) is 9.59 Å². The Labute approximate surface area is 110 Å². The Kier molecular flexibility index (Phi) is 6.73. The first kappa shape index (κ1) is 16.7. The van der Waals surface area contributed by atoms with E-state index in [4.69, 9.17) is 5.11 Å². The quantitative estimate of drug-likeness (QED) is 0.737. The van der Waals surface area contributed by atoms with Crippen LogP contribution in [0.1, 0.15) is 53.9 Å². The number of nitrogens with zero attached hydrogens (tertiary/aromatic N) is 1. The molecule has 0 aliphatic heterocycles. The molecule has 0 radical (unpaired) electrons. The summed E-state index contributed by atoms with van der Waals surface area (Å²) in [5.41, 5.74) is -0.504. The van der Waals surface area contributed by atoms with E-state index in [1.807, 2.05) is 34.6 Å². The van der Waals surface area contributed by atoms with E-state index in [2.05, 4.69) is 5.32 Å². The van der Waals surface area contributed by atoms with Gasteiger partial charge in [-0.25, -0.2) is 4.79 Å². The number of rotatable bonds is 7. The number of hydrogen-bond donors (Lipinski definition) is 2. The van der Waals surface area contributed by atoms with Crippen LogP contribution in [0.15, 0.2) is 0 Å². The summed E-state index contributed by atoms with van der Waals surface area (Å²) in [6.07, 6.45) is 1.38. The number of hydrogen-bond acceptors (Lipinski definition) is 2. The molecule has 0 saturated heterocycles. The van der Waals surface area contributed by atoms with E-state index in [1.54, 1.807) is 4.90 Å². The van der Waals surface area contributed by atoms with Crippen LogP contribution < -0.4 is 5.32 Å². The molecule has 0 aliphatic carbocycles. The molecule has 0 aromatic heterocycles. The minimum Gasteiger partial charge on any atom is -0.481 e. The van der Waals surface area contributed by atoms with Crippen molar-refractivity contribution in [2.24, 2.45) is 0 Å². The molecule has 0 unspecified atom stereocenters. The van der Waals surface area contributed by atoms with Gasteiger partial charge in [0.25, 0.3) is 0 Å². The molecule has 5 heteroatoms. The molecule has 0 atom stereocenters. The van der Waals surface area contributed by atoms with Crippen LogP contribution in [0.4, 0.5) is 4.79 Å².